The summed E-state index contributed by atoms with van der Waals surface area (Å²) >= 11 is 0. The molecule has 1 aromatic rings. The van der Waals surface area contributed by atoms with Gasteiger partial charge in [0.2, 0.25) is 5.95 Å². The number of carbonyl (C=O) groups excluding carboxylic acids is 1. The monoisotopic (exact) mass is 391 g/mol. The summed E-state index contributed by atoms with van der Waals surface area (Å²) in [6, 6.07) is 0.327. The van der Waals surface area contributed by atoms with Crippen molar-refractivity contribution in [1.29, 1.82) is 0 Å². The van der Waals surface area contributed by atoms with Crippen LogP contribution in [0.15, 0.2) is 6.20 Å². The normalized spacial score (nSPS) is 31.0. The summed E-state index contributed by atoms with van der Waals surface area (Å²) < 4.78 is 5.42. The zero-order chi connectivity index (χ0) is 20.1. The molecule has 1 aromatic heterocycles. The third kappa shape index (κ3) is 5.54. The van der Waals surface area contributed by atoms with Crippen molar-refractivity contribution in [3.8, 4) is 0 Å². The number of anilines is 2. The number of ether oxygens (including phenoxy) is 1. The lowest BCUT2D eigenvalue weighted by atomic mass is 9.93. The second-order valence-corrected chi connectivity index (χ2v) is 8.46. The Morgan fingerprint density at radius 1 is 1.21 bits per heavy atom. The van der Waals surface area contributed by atoms with Crippen LogP contribution in [0.25, 0.3) is 0 Å². The summed E-state index contributed by atoms with van der Waals surface area (Å²) in [6.45, 7) is 1.87. The Morgan fingerprint density at radius 2 is 1.96 bits per heavy atom. The highest BCUT2D eigenvalue weighted by molar-refractivity contribution is 5.97. The number of amides is 1. The average Bonchev–Trinajstić information content (AvgIpc) is 2.82. The van der Waals surface area contributed by atoms with Gasteiger partial charge in [-0.3, -0.25) is 4.79 Å². The first kappa shape index (κ1) is 20.8. The van der Waals surface area contributed by atoms with Crippen molar-refractivity contribution in [3.63, 3.8) is 0 Å². The van der Waals surface area contributed by atoms with Gasteiger partial charge < -0.3 is 26.2 Å². The Hall–Kier alpha value is -1.93. The Labute approximate surface area is 166 Å². The molecule has 2 atom stereocenters. The van der Waals surface area contributed by atoms with Crippen LogP contribution in [0.2, 0.25) is 0 Å². The van der Waals surface area contributed by atoms with Crippen LogP contribution in [-0.4, -0.2) is 51.9 Å². The zero-order valence-corrected chi connectivity index (χ0v) is 16.9. The smallest absolute Gasteiger partial charge is 0.254 e. The Bertz CT molecular complexity index is 674. The molecule has 1 heterocycles. The predicted octanol–water partition coefficient (Wildman–Crippen LogP) is 2.44. The molecular formula is C20H33N5O3. The Morgan fingerprint density at radius 3 is 2.64 bits per heavy atom. The number of nitrogens with two attached hydrogens (primary N) is 1. The van der Waals surface area contributed by atoms with Gasteiger partial charge in [0.05, 0.1) is 17.3 Å². The topological polar surface area (TPSA) is 122 Å². The van der Waals surface area contributed by atoms with E-state index in [0.717, 1.165) is 51.4 Å². The average molecular weight is 392 g/mol. The first-order chi connectivity index (χ1) is 13.4. The van der Waals surface area contributed by atoms with Gasteiger partial charge in [-0.2, -0.15) is 4.98 Å². The molecule has 0 bridgehead atoms. The molecule has 2 saturated carbocycles. The second-order valence-electron chi connectivity index (χ2n) is 8.46. The number of carbonyl (C=O) groups is 1. The van der Waals surface area contributed by atoms with Gasteiger partial charge in [0.15, 0.2) is 0 Å². The van der Waals surface area contributed by atoms with Crippen molar-refractivity contribution in [2.75, 3.05) is 17.7 Å². The summed E-state index contributed by atoms with van der Waals surface area (Å²) in [7, 11) is 1.76. The van der Waals surface area contributed by atoms with Gasteiger partial charge in [-0.25, -0.2) is 4.98 Å². The van der Waals surface area contributed by atoms with Crippen molar-refractivity contribution in [2.45, 2.75) is 88.5 Å². The highest BCUT2D eigenvalue weighted by atomic mass is 16.5. The van der Waals surface area contributed by atoms with Crippen molar-refractivity contribution in [2.24, 2.45) is 5.73 Å². The molecule has 0 spiro atoms. The number of rotatable bonds is 6. The predicted molar refractivity (Wildman–Crippen MR) is 108 cm³/mol. The van der Waals surface area contributed by atoms with E-state index in [1.807, 2.05) is 6.92 Å². The highest BCUT2D eigenvalue weighted by Crippen LogP contribution is 2.29. The fourth-order valence-corrected chi connectivity index (χ4v) is 4.32. The van der Waals surface area contributed by atoms with Crippen molar-refractivity contribution in [1.82, 2.24) is 9.97 Å². The van der Waals surface area contributed by atoms with E-state index < -0.39 is 11.5 Å². The molecule has 0 aliphatic heterocycles. The minimum atomic E-state index is -0.713. The molecule has 0 saturated heterocycles. The van der Waals surface area contributed by atoms with Crippen LogP contribution in [0, 0.1) is 0 Å². The van der Waals surface area contributed by atoms with Crippen LogP contribution in [0.4, 0.5) is 11.8 Å². The molecule has 156 valence electrons. The molecule has 8 heteroatoms. The van der Waals surface area contributed by atoms with E-state index in [9.17, 15) is 9.90 Å². The number of nitrogens with one attached hydrogen (secondary N) is 2. The first-order valence-corrected chi connectivity index (χ1v) is 10.3. The molecule has 2 aliphatic carbocycles. The van der Waals surface area contributed by atoms with Gasteiger partial charge in [0.1, 0.15) is 5.82 Å². The number of aliphatic hydroxyl groups is 1. The number of hydrogen-bond acceptors (Lipinski definition) is 7. The zero-order valence-electron chi connectivity index (χ0n) is 16.9. The molecular weight excluding hydrogens is 358 g/mol. The third-order valence-corrected chi connectivity index (χ3v) is 5.94. The van der Waals surface area contributed by atoms with Crippen LogP contribution in [0.3, 0.4) is 0 Å². The maximum Gasteiger partial charge on any atom is 0.254 e. The quantitative estimate of drug-likeness (QED) is 0.549. The number of hydrogen-bond donors (Lipinski definition) is 4. The SMILES string of the molecule is COC1CCC(Nc2ncc(C(N)=O)c(N[C@H]3CCCC[C@@](C)(O)C3)n2)CC1. The van der Waals surface area contributed by atoms with E-state index in [1.54, 1.807) is 7.11 Å². The fourth-order valence-electron chi connectivity index (χ4n) is 4.32. The van der Waals surface area contributed by atoms with Crippen LogP contribution >= 0.6 is 0 Å². The molecule has 2 fully saturated rings. The summed E-state index contributed by atoms with van der Waals surface area (Å²) in [5.41, 5.74) is 5.09. The van der Waals surface area contributed by atoms with E-state index in [1.165, 1.54) is 6.20 Å². The van der Waals surface area contributed by atoms with E-state index >= 15 is 0 Å². The minimum Gasteiger partial charge on any atom is -0.390 e. The maximum absolute atomic E-state index is 11.8. The highest BCUT2D eigenvalue weighted by Gasteiger charge is 2.29. The van der Waals surface area contributed by atoms with Crippen molar-refractivity contribution < 1.29 is 14.6 Å². The first-order valence-electron chi connectivity index (χ1n) is 10.3. The summed E-state index contributed by atoms with van der Waals surface area (Å²) in [4.78, 5) is 20.7. The van der Waals surface area contributed by atoms with Crippen LogP contribution < -0.4 is 16.4 Å². The van der Waals surface area contributed by atoms with Gasteiger partial charge in [-0.05, 0) is 51.9 Å². The van der Waals surface area contributed by atoms with Gasteiger partial charge >= 0.3 is 0 Å². The summed E-state index contributed by atoms with van der Waals surface area (Å²) in [6.07, 6.45) is 10.2. The number of methoxy groups -OCH3 is 1. The number of aromatic nitrogens is 2. The third-order valence-electron chi connectivity index (χ3n) is 5.94. The van der Waals surface area contributed by atoms with E-state index in [2.05, 4.69) is 20.6 Å². The molecule has 5 N–H and O–H groups in total. The van der Waals surface area contributed by atoms with Gasteiger partial charge in [0, 0.05) is 25.4 Å². The van der Waals surface area contributed by atoms with Crippen LogP contribution in [0.5, 0.6) is 0 Å². The minimum absolute atomic E-state index is 0.0375. The molecule has 2 aliphatic rings. The van der Waals surface area contributed by atoms with E-state index in [4.69, 9.17) is 10.5 Å². The van der Waals surface area contributed by atoms with E-state index in [0.29, 0.717) is 24.3 Å². The fraction of sp³-hybridized carbons (Fsp3) is 0.750. The molecule has 8 nitrogen and oxygen atoms in total. The van der Waals surface area contributed by atoms with Gasteiger partial charge in [-0.15, -0.1) is 0 Å². The standard InChI is InChI=1S/C20H33N5O3/c1-20(27)10-4-3-5-14(11-20)23-18-16(17(21)26)12-22-19(25-18)24-13-6-8-15(28-2)9-7-13/h12-15,27H,3-11H2,1-2H3,(H2,21,26)(H2,22,23,24,25)/t13?,14-,15?,20+/m0/s1. The molecule has 0 radical (unpaired) electrons. The Kier molecular flexibility index (Phi) is 6.72. The molecule has 3 rings (SSSR count). The lowest BCUT2D eigenvalue weighted by Gasteiger charge is -2.29. The van der Waals surface area contributed by atoms with Gasteiger partial charge in [0.25, 0.3) is 5.91 Å². The Balaban J connectivity index is 1.71. The maximum atomic E-state index is 11.8. The van der Waals surface area contributed by atoms with Crippen LogP contribution in [-0.2, 0) is 4.74 Å². The number of primary amides is 1. The molecule has 28 heavy (non-hydrogen) atoms. The largest absolute Gasteiger partial charge is 0.390 e. The molecule has 0 aromatic carbocycles. The second kappa shape index (κ2) is 9.05. The van der Waals surface area contributed by atoms with E-state index in [-0.39, 0.29) is 17.6 Å². The number of nitrogens with zero attached hydrogens (tertiary/aromatic N) is 2. The van der Waals surface area contributed by atoms with Crippen molar-refractivity contribution >= 4 is 17.7 Å². The van der Waals surface area contributed by atoms with Crippen LogP contribution in [0.1, 0.15) is 75.1 Å². The summed E-state index contributed by atoms with van der Waals surface area (Å²) in [5, 5.41) is 17.2. The van der Waals surface area contributed by atoms with Gasteiger partial charge in [-0.1, -0.05) is 12.8 Å². The lowest BCUT2D eigenvalue weighted by molar-refractivity contribution is 0.0420. The summed E-state index contributed by atoms with van der Waals surface area (Å²) in [5.74, 6) is 0.377. The van der Waals surface area contributed by atoms with Crippen molar-refractivity contribution in [3.05, 3.63) is 11.8 Å². The molecule has 0 unspecified atom stereocenters. The lowest BCUT2D eigenvalue weighted by Crippen LogP contribution is -2.33. The molecule has 1 amide bonds.